The molecule has 0 saturated carbocycles. The number of nitrogen functional groups attached to an aromatic ring is 1. The predicted octanol–water partition coefficient (Wildman–Crippen LogP) is 1.92. The highest BCUT2D eigenvalue weighted by molar-refractivity contribution is 5.97. The van der Waals surface area contributed by atoms with Crippen LogP contribution < -0.4 is 5.73 Å². The van der Waals surface area contributed by atoms with Crippen molar-refractivity contribution in [2.75, 3.05) is 18.8 Å². The second kappa shape index (κ2) is 4.16. The molecule has 1 aromatic carbocycles. The zero-order valence-electron chi connectivity index (χ0n) is 9.86. The molecule has 86 valence electrons. The van der Waals surface area contributed by atoms with E-state index in [9.17, 15) is 4.79 Å². The van der Waals surface area contributed by atoms with Gasteiger partial charge in [0.05, 0.1) is 0 Å². The van der Waals surface area contributed by atoms with Crippen molar-refractivity contribution in [1.29, 1.82) is 0 Å². The first-order chi connectivity index (χ1) is 7.58. The van der Waals surface area contributed by atoms with Crippen LogP contribution in [0.25, 0.3) is 0 Å². The molecule has 0 bridgehead atoms. The molecule has 1 aromatic rings. The molecule has 0 unspecified atom stereocenters. The summed E-state index contributed by atoms with van der Waals surface area (Å²) in [5.74, 6) is 0.633. The predicted molar refractivity (Wildman–Crippen MR) is 65.3 cm³/mol. The maximum absolute atomic E-state index is 12.2. The quantitative estimate of drug-likeness (QED) is 0.771. The fourth-order valence-electron chi connectivity index (χ4n) is 2.15. The summed E-state index contributed by atoms with van der Waals surface area (Å²) in [6, 6.07) is 5.63. The van der Waals surface area contributed by atoms with E-state index in [4.69, 9.17) is 5.73 Å². The van der Waals surface area contributed by atoms with Crippen LogP contribution in [0.2, 0.25) is 0 Å². The van der Waals surface area contributed by atoms with Crippen molar-refractivity contribution in [2.45, 2.75) is 20.3 Å². The van der Waals surface area contributed by atoms with Crippen molar-refractivity contribution < 1.29 is 4.79 Å². The number of carbonyl (C=O) groups excluding carboxylic acids is 1. The number of nitrogens with zero attached hydrogens (tertiary/aromatic N) is 1. The highest BCUT2D eigenvalue weighted by atomic mass is 16.2. The van der Waals surface area contributed by atoms with Crippen LogP contribution in [0.15, 0.2) is 18.2 Å². The van der Waals surface area contributed by atoms with E-state index in [0.717, 1.165) is 30.6 Å². The summed E-state index contributed by atoms with van der Waals surface area (Å²) in [4.78, 5) is 14.1. The summed E-state index contributed by atoms with van der Waals surface area (Å²) < 4.78 is 0. The summed E-state index contributed by atoms with van der Waals surface area (Å²) in [5, 5.41) is 0. The van der Waals surface area contributed by atoms with Gasteiger partial charge in [0, 0.05) is 24.3 Å². The van der Waals surface area contributed by atoms with Gasteiger partial charge in [0.1, 0.15) is 0 Å². The van der Waals surface area contributed by atoms with Gasteiger partial charge < -0.3 is 10.6 Å². The van der Waals surface area contributed by atoms with E-state index in [2.05, 4.69) is 13.8 Å². The highest BCUT2D eigenvalue weighted by Crippen LogP contribution is 2.21. The lowest BCUT2D eigenvalue weighted by atomic mass is 9.97. The maximum Gasteiger partial charge on any atom is 0.254 e. The minimum atomic E-state index is 0.127. The van der Waals surface area contributed by atoms with Crippen LogP contribution in [-0.4, -0.2) is 23.9 Å². The van der Waals surface area contributed by atoms with Gasteiger partial charge in [-0.2, -0.15) is 0 Å². The van der Waals surface area contributed by atoms with Gasteiger partial charge in [0.15, 0.2) is 0 Å². The van der Waals surface area contributed by atoms with E-state index in [1.165, 1.54) is 0 Å². The van der Waals surface area contributed by atoms with Crippen LogP contribution in [0, 0.1) is 5.92 Å². The average Bonchev–Trinajstić information content (AvgIpc) is 2.22. The number of benzene rings is 1. The summed E-state index contributed by atoms with van der Waals surface area (Å²) in [6.45, 7) is 5.91. The SMILES string of the molecule is CC(C)CN1CCc2ccc(N)cc2C1=O. The lowest BCUT2D eigenvalue weighted by Crippen LogP contribution is -2.39. The first-order valence-corrected chi connectivity index (χ1v) is 5.75. The summed E-state index contributed by atoms with van der Waals surface area (Å²) >= 11 is 0. The number of amides is 1. The van der Waals surface area contributed by atoms with Crippen molar-refractivity contribution in [2.24, 2.45) is 5.92 Å². The Labute approximate surface area is 96.2 Å². The molecule has 0 radical (unpaired) electrons. The molecule has 0 atom stereocenters. The minimum Gasteiger partial charge on any atom is -0.399 e. The molecule has 0 aromatic heterocycles. The number of nitrogens with two attached hydrogens (primary N) is 1. The average molecular weight is 218 g/mol. The van der Waals surface area contributed by atoms with Gasteiger partial charge in [-0.1, -0.05) is 19.9 Å². The fraction of sp³-hybridized carbons (Fsp3) is 0.462. The lowest BCUT2D eigenvalue weighted by Gasteiger charge is -2.30. The lowest BCUT2D eigenvalue weighted by molar-refractivity contribution is 0.0720. The number of fused-ring (bicyclic) bond motifs is 1. The molecule has 3 nitrogen and oxygen atoms in total. The van der Waals surface area contributed by atoms with Crippen LogP contribution in [0.4, 0.5) is 5.69 Å². The maximum atomic E-state index is 12.2. The smallest absolute Gasteiger partial charge is 0.254 e. The fourth-order valence-corrected chi connectivity index (χ4v) is 2.15. The third-order valence-corrected chi connectivity index (χ3v) is 2.89. The standard InChI is InChI=1S/C13H18N2O/c1-9(2)8-15-6-5-10-3-4-11(14)7-12(10)13(15)16/h3-4,7,9H,5-6,8,14H2,1-2H3. The zero-order chi connectivity index (χ0) is 11.7. The van der Waals surface area contributed by atoms with Gasteiger partial charge in [-0.3, -0.25) is 4.79 Å². The van der Waals surface area contributed by atoms with Crippen LogP contribution in [0.3, 0.4) is 0 Å². The molecule has 16 heavy (non-hydrogen) atoms. The second-order valence-electron chi connectivity index (χ2n) is 4.81. The van der Waals surface area contributed by atoms with Gasteiger partial charge in [-0.05, 0) is 30.0 Å². The first-order valence-electron chi connectivity index (χ1n) is 5.75. The monoisotopic (exact) mass is 218 g/mol. The highest BCUT2D eigenvalue weighted by Gasteiger charge is 2.24. The van der Waals surface area contributed by atoms with Gasteiger partial charge in [0.2, 0.25) is 0 Å². The van der Waals surface area contributed by atoms with Crippen molar-refractivity contribution in [3.63, 3.8) is 0 Å². The Balaban J connectivity index is 2.27. The minimum absolute atomic E-state index is 0.127. The number of anilines is 1. The molecule has 1 heterocycles. The Morgan fingerprint density at radius 1 is 1.44 bits per heavy atom. The van der Waals surface area contributed by atoms with E-state index in [1.807, 2.05) is 17.0 Å². The van der Waals surface area contributed by atoms with E-state index in [1.54, 1.807) is 6.07 Å². The van der Waals surface area contributed by atoms with Crippen molar-refractivity contribution in [1.82, 2.24) is 4.90 Å². The number of carbonyl (C=O) groups is 1. The van der Waals surface area contributed by atoms with E-state index in [-0.39, 0.29) is 5.91 Å². The van der Waals surface area contributed by atoms with Crippen LogP contribution in [0.1, 0.15) is 29.8 Å². The third-order valence-electron chi connectivity index (χ3n) is 2.89. The van der Waals surface area contributed by atoms with Gasteiger partial charge in [-0.15, -0.1) is 0 Å². The third kappa shape index (κ3) is 2.03. The molecule has 1 aliphatic heterocycles. The Morgan fingerprint density at radius 2 is 2.19 bits per heavy atom. The molecular weight excluding hydrogens is 200 g/mol. The normalized spacial score (nSPS) is 15.4. The molecule has 0 fully saturated rings. The molecule has 3 heteroatoms. The molecule has 1 amide bonds. The topological polar surface area (TPSA) is 46.3 Å². The van der Waals surface area contributed by atoms with E-state index in [0.29, 0.717) is 11.6 Å². The van der Waals surface area contributed by atoms with Crippen LogP contribution in [0.5, 0.6) is 0 Å². The summed E-state index contributed by atoms with van der Waals surface area (Å²) in [6.07, 6.45) is 0.939. The van der Waals surface area contributed by atoms with Gasteiger partial charge in [0.25, 0.3) is 5.91 Å². The van der Waals surface area contributed by atoms with Crippen molar-refractivity contribution in [3.05, 3.63) is 29.3 Å². The van der Waals surface area contributed by atoms with Gasteiger partial charge >= 0.3 is 0 Å². The van der Waals surface area contributed by atoms with E-state index >= 15 is 0 Å². The molecule has 0 saturated heterocycles. The Bertz CT molecular complexity index is 412. The molecular formula is C13H18N2O. The Hall–Kier alpha value is -1.51. The Kier molecular flexibility index (Phi) is 2.86. The number of rotatable bonds is 2. The van der Waals surface area contributed by atoms with E-state index < -0.39 is 0 Å². The molecule has 2 N–H and O–H groups in total. The summed E-state index contributed by atoms with van der Waals surface area (Å²) in [7, 11) is 0. The van der Waals surface area contributed by atoms with Crippen molar-refractivity contribution in [3.8, 4) is 0 Å². The van der Waals surface area contributed by atoms with Crippen LogP contribution in [-0.2, 0) is 6.42 Å². The molecule has 0 aliphatic carbocycles. The number of hydrogen-bond donors (Lipinski definition) is 1. The summed E-state index contributed by atoms with van der Waals surface area (Å²) in [5.41, 5.74) is 8.29. The van der Waals surface area contributed by atoms with Gasteiger partial charge in [-0.25, -0.2) is 0 Å². The largest absolute Gasteiger partial charge is 0.399 e. The van der Waals surface area contributed by atoms with Crippen LogP contribution >= 0.6 is 0 Å². The number of hydrogen-bond acceptors (Lipinski definition) is 2. The first kappa shape index (κ1) is 11.0. The second-order valence-corrected chi connectivity index (χ2v) is 4.81. The zero-order valence-corrected chi connectivity index (χ0v) is 9.86. The molecule has 1 aliphatic rings. The molecule has 2 rings (SSSR count). The van der Waals surface area contributed by atoms with Crippen molar-refractivity contribution >= 4 is 11.6 Å². The molecule has 0 spiro atoms. The Morgan fingerprint density at radius 3 is 2.88 bits per heavy atom.